The fourth-order valence-electron chi connectivity index (χ4n) is 3.00. The van der Waals surface area contributed by atoms with Gasteiger partial charge in [-0.15, -0.1) is 0 Å². The maximum atomic E-state index is 13.3. The standard InChI is InChI=1S/C22H24FN3O2/c1-3-28-15-7-14-24-16(2)20-21(17-8-5-4-6-9-17)25-26(22(20)27)19-12-10-18(23)11-13-19/h4-6,8-13,25H,3,7,14-15H2,1-2H3. The van der Waals surface area contributed by atoms with E-state index in [1.807, 2.05) is 44.2 Å². The second kappa shape index (κ2) is 9.28. The molecule has 0 fully saturated rings. The Morgan fingerprint density at radius 2 is 1.86 bits per heavy atom. The summed E-state index contributed by atoms with van der Waals surface area (Å²) in [5.41, 5.74) is 3.13. The molecule has 146 valence electrons. The molecular weight excluding hydrogens is 357 g/mol. The fourth-order valence-corrected chi connectivity index (χ4v) is 3.00. The number of aromatic nitrogens is 2. The zero-order valence-electron chi connectivity index (χ0n) is 16.1. The van der Waals surface area contributed by atoms with Crippen molar-refractivity contribution in [2.75, 3.05) is 19.8 Å². The molecule has 0 bridgehead atoms. The van der Waals surface area contributed by atoms with Crippen LogP contribution in [0, 0.1) is 5.82 Å². The average Bonchev–Trinajstić information content (AvgIpc) is 3.06. The number of ether oxygens (including phenoxy) is 1. The summed E-state index contributed by atoms with van der Waals surface area (Å²) in [7, 11) is 0. The summed E-state index contributed by atoms with van der Waals surface area (Å²) >= 11 is 0. The predicted octanol–water partition coefficient (Wildman–Crippen LogP) is 4.21. The lowest BCUT2D eigenvalue weighted by molar-refractivity contribution is 0.146. The molecule has 0 spiro atoms. The molecule has 0 atom stereocenters. The number of nitrogens with zero attached hydrogens (tertiary/aromatic N) is 2. The highest BCUT2D eigenvalue weighted by Crippen LogP contribution is 2.21. The largest absolute Gasteiger partial charge is 0.382 e. The molecular formula is C22H24FN3O2. The van der Waals surface area contributed by atoms with Crippen molar-refractivity contribution in [1.82, 2.24) is 9.78 Å². The molecule has 6 heteroatoms. The lowest BCUT2D eigenvalue weighted by Crippen LogP contribution is -2.19. The van der Waals surface area contributed by atoms with E-state index >= 15 is 0 Å². The van der Waals surface area contributed by atoms with Gasteiger partial charge in [0.05, 0.1) is 16.9 Å². The summed E-state index contributed by atoms with van der Waals surface area (Å²) in [5, 5.41) is 3.17. The van der Waals surface area contributed by atoms with E-state index in [9.17, 15) is 9.18 Å². The van der Waals surface area contributed by atoms with Crippen molar-refractivity contribution >= 4 is 5.71 Å². The molecule has 1 N–H and O–H groups in total. The molecule has 0 amide bonds. The van der Waals surface area contributed by atoms with Crippen LogP contribution in [0.3, 0.4) is 0 Å². The SMILES string of the molecule is CCOCCCN=C(C)c1c(-c2ccccc2)[nH]n(-c2ccc(F)cc2)c1=O. The van der Waals surface area contributed by atoms with Crippen LogP contribution in [0.1, 0.15) is 25.8 Å². The second-order valence-corrected chi connectivity index (χ2v) is 6.36. The number of hydrogen-bond acceptors (Lipinski definition) is 3. The number of H-pyrrole nitrogens is 1. The van der Waals surface area contributed by atoms with Gasteiger partial charge in [-0.25, -0.2) is 9.07 Å². The number of nitrogens with one attached hydrogen (secondary N) is 1. The van der Waals surface area contributed by atoms with E-state index in [4.69, 9.17) is 4.74 Å². The smallest absolute Gasteiger partial charge is 0.280 e. The third-order valence-corrected chi connectivity index (χ3v) is 4.40. The molecule has 1 aromatic heterocycles. The summed E-state index contributed by atoms with van der Waals surface area (Å²) < 4.78 is 20.0. The predicted molar refractivity (Wildman–Crippen MR) is 110 cm³/mol. The van der Waals surface area contributed by atoms with E-state index in [-0.39, 0.29) is 11.4 Å². The maximum absolute atomic E-state index is 13.3. The Morgan fingerprint density at radius 3 is 2.54 bits per heavy atom. The lowest BCUT2D eigenvalue weighted by Gasteiger charge is -2.03. The molecule has 1 heterocycles. The monoisotopic (exact) mass is 381 g/mol. The summed E-state index contributed by atoms with van der Waals surface area (Å²) in [6.45, 7) is 5.71. The van der Waals surface area contributed by atoms with Crippen LogP contribution in [0.5, 0.6) is 0 Å². The van der Waals surface area contributed by atoms with Crippen LogP contribution < -0.4 is 5.56 Å². The first-order chi connectivity index (χ1) is 13.6. The van der Waals surface area contributed by atoms with E-state index < -0.39 is 0 Å². The molecule has 3 rings (SSSR count). The van der Waals surface area contributed by atoms with Crippen LogP contribution in [0.4, 0.5) is 4.39 Å². The summed E-state index contributed by atoms with van der Waals surface area (Å²) in [4.78, 5) is 17.7. The molecule has 0 aliphatic carbocycles. The van der Waals surface area contributed by atoms with Crippen LogP contribution in [0.2, 0.25) is 0 Å². The number of aromatic amines is 1. The normalized spacial score (nSPS) is 11.8. The minimum Gasteiger partial charge on any atom is -0.382 e. The average molecular weight is 381 g/mol. The Bertz CT molecular complexity index is 989. The van der Waals surface area contributed by atoms with Gasteiger partial charge in [0, 0.05) is 31.0 Å². The Hall–Kier alpha value is -2.99. The quantitative estimate of drug-likeness (QED) is 0.469. The van der Waals surface area contributed by atoms with Crippen molar-refractivity contribution in [2.45, 2.75) is 20.3 Å². The van der Waals surface area contributed by atoms with Gasteiger partial charge in [0.25, 0.3) is 5.56 Å². The Balaban J connectivity index is 2.03. The summed E-state index contributed by atoms with van der Waals surface area (Å²) in [5.74, 6) is -0.348. The van der Waals surface area contributed by atoms with Crippen molar-refractivity contribution in [3.05, 3.63) is 76.3 Å². The Kier molecular flexibility index (Phi) is 6.55. The minimum absolute atomic E-state index is 0.212. The van der Waals surface area contributed by atoms with Crippen LogP contribution >= 0.6 is 0 Å². The van der Waals surface area contributed by atoms with Gasteiger partial charge in [-0.3, -0.25) is 14.9 Å². The summed E-state index contributed by atoms with van der Waals surface area (Å²) in [6, 6.07) is 15.4. The lowest BCUT2D eigenvalue weighted by atomic mass is 10.1. The Morgan fingerprint density at radius 1 is 1.14 bits per heavy atom. The second-order valence-electron chi connectivity index (χ2n) is 6.36. The molecule has 0 radical (unpaired) electrons. The highest BCUT2D eigenvalue weighted by molar-refractivity contribution is 6.03. The fraction of sp³-hybridized carbons (Fsp3) is 0.273. The van der Waals surface area contributed by atoms with Gasteiger partial charge in [0.15, 0.2) is 0 Å². The van der Waals surface area contributed by atoms with Gasteiger partial charge >= 0.3 is 0 Å². The first-order valence-corrected chi connectivity index (χ1v) is 9.37. The van der Waals surface area contributed by atoms with Crippen molar-refractivity contribution in [3.63, 3.8) is 0 Å². The molecule has 28 heavy (non-hydrogen) atoms. The van der Waals surface area contributed by atoms with Gasteiger partial charge in [-0.05, 0) is 44.5 Å². The molecule has 0 saturated carbocycles. The van der Waals surface area contributed by atoms with Crippen molar-refractivity contribution in [1.29, 1.82) is 0 Å². The number of aliphatic imine (C=N–C) groups is 1. The third-order valence-electron chi connectivity index (χ3n) is 4.40. The van der Waals surface area contributed by atoms with Gasteiger partial charge in [-0.2, -0.15) is 0 Å². The summed E-state index contributed by atoms with van der Waals surface area (Å²) in [6.07, 6.45) is 0.794. The molecule has 2 aromatic carbocycles. The zero-order valence-corrected chi connectivity index (χ0v) is 16.1. The van der Waals surface area contributed by atoms with E-state index in [1.165, 1.54) is 16.8 Å². The van der Waals surface area contributed by atoms with Crippen LogP contribution in [-0.4, -0.2) is 35.3 Å². The number of benzene rings is 2. The van der Waals surface area contributed by atoms with Gasteiger partial charge in [-0.1, -0.05) is 30.3 Å². The maximum Gasteiger partial charge on any atom is 0.280 e. The third kappa shape index (κ3) is 4.46. The van der Waals surface area contributed by atoms with Gasteiger partial charge < -0.3 is 4.74 Å². The molecule has 5 nitrogen and oxygen atoms in total. The van der Waals surface area contributed by atoms with Crippen LogP contribution in [0.15, 0.2) is 64.4 Å². The minimum atomic E-state index is -0.348. The topological polar surface area (TPSA) is 59.4 Å². The first-order valence-electron chi connectivity index (χ1n) is 9.37. The number of halogens is 1. The van der Waals surface area contributed by atoms with Gasteiger partial charge in [0.1, 0.15) is 5.82 Å². The van der Waals surface area contributed by atoms with Crippen LogP contribution in [-0.2, 0) is 4.74 Å². The van der Waals surface area contributed by atoms with E-state index in [0.29, 0.717) is 42.4 Å². The van der Waals surface area contributed by atoms with Crippen molar-refractivity contribution in [2.24, 2.45) is 4.99 Å². The Labute approximate surface area is 163 Å². The van der Waals surface area contributed by atoms with E-state index in [1.54, 1.807) is 12.1 Å². The van der Waals surface area contributed by atoms with Crippen molar-refractivity contribution in [3.8, 4) is 16.9 Å². The number of hydrogen-bond donors (Lipinski definition) is 1. The molecule has 0 saturated heterocycles. The van der Waals surface area contributed by atoms with E-state index in [0.717, 1.165) is 12.0 Å². The zero-order chi connectivity index (χ0) is 19.9. The molecule has 0 aliphatic rings. The number of rotatable bonds is 8. The van der Waals surface area contributed by atoms with Gasteiger partial charge in [0.2, 0.25) is 0 Å². The van der Waals surface area contributed by atoms with Crippen molar-refractivity contribution < 1.29 is 9.13 Å². The molecule has 3 aromatic rings. The molecule has 0 aliphatic heterocycles. The van der Waals surface area contributed by atoms with Crippen LogP contribution in [0.25, 0.3) is 16.9 Å². The first kappa shape index (κ1) is 19.8. The highest BCUT2D eigenvalue weighted by atomic mass is 19.1. The highest BCUT2D eigenvalue weighted by Gasteiger charge is 2.19. The van der Waals surface area contributed by atoms with E-state index in [2.05, 4.69) is 10.1 Å². The molecule has 0 unspecified atom stereocenters.